The maximum atomic E-state index is 13.6. The predicted molar refractivity (Wildman–Crippen MR) is 98.8 cm³/mol. The van der Waals surface area contributed by atoms with E-state index < -0.39 is 23.9 Å². The number of carbonyl (C=O) groups excluding carboxylic acids is 1. The average Bonchev–Trinajstić information content (AvgIpc) is 3.13. The van der Waals surface area contributed by atoms with Crippen LogP contribution in [-0.2, 0) is 15.7 Å². The first-order valence-corrected chi connectivity index (χ1v) is 9.12. The van der Waals surface area contributed by atoms with Crippen LogP contribution in [0.2, 0.25) is 0 Å². The van der Waals surface area contributed by atoms with Crippen LogP contribution in [0.4, 0.5) is 35.7 Å². The summed E-state index contributed by atoms with van der Waals surface area (Å²) in [6.45, 7) is 3.52. The molecule has 1 atom stereocenters. The van der Waals surface area contributed by atoms with E-state index in [0.29, 0.717) is 19.8 Å². The first-order valence-electron chi connectivity index (χ1n) is 9.12. The quantitative estimate of drug-likeness (QED) is 0.784. The Balaban J connectivity index is 1.87. The zero-order valence-corrected chi connectivity index (χ0v) is 15.9. The molecular formula is C17H18F3N7O3. The molecule has 2 saturated heterocycles. The van der Waals surface area contributed by atoms with E-state index in [0.717, 1.165) is 6.20 Å². The van der Waals surface area contributed by atoms with Crippen molar-refractivity contribution in [3.8, 4) is 11.3 Å². The molecule has 2 aromatic rings. The molecule has 0 bridgehead atoms. The van der Waals surface area contributed by atoms with Gasteiger partial charge in [-0.3, -0.25) is 4.90 Å². The highest BCUT2D eigenvalue weighted by Crippen LogP contribution is 2.36. The number of alkyl halides is 3. The fraction of sp³-hybridized carbons (Fsp3) is 0.471. The lowest BCUT2D eigenvalue weighted by atomic mass is 10.1. The van der Waals surface area contributed by atoms with Crippen LogP contribution in [0.1, 0.15) is 12.6 Å². The summed E-state index contributed by atoms with van der Waals surface area (Å²) in [6, 6.07) is 1.17. The number of hydrogen-bond acceptors (Lipinski definition) is 9. The molecule has 1 amide bonds. The second-order valence-corrected chi connectivity index (χ2v) is 6.78. The number of morpholine rings is 1. The van der Waals surface area contributed by atoms with Gasteiger partial charge >= 0.3 is 12.3 Å². The molecule has 2 fully saturated rings. The van der Waals surface area contributed by atoms with E-state index in [1.165, 1.54) is 11.0 Å². The van der Waals surface area contributed by atoms with Crippen LogP contribution < -0.4 is 15.5 Å². The molecule has 2 aliphatic rings. The minimum Gasteiger partial charge on any atom is -0.447 e. The SMILES string of the molecule is CC1COCCN1c1nc(-c2cnc(N)nc2C(F)(F)F)cc(N2CCOC2=O)n1. The van der Waals surface area contributed by atoms with Gasteiger partial charge in [0.2, 0.25) is 11.9 Å². The highest BCUT2D eigenvalue weighted by atomic mass is 19.4. The summed E-state index contributed by atoms with van der Waals surface area (Å²) in [6.07, 6.45) is -4.45. The van der Waals surface area contributed by atoms with Gasteiger partial charge in [0.05, 0.1) is 31.5 Å². The fourth-order valence-electron chi connectivity index (χ4n) is 3.25. The summed E-state index contributed by atoms with van der Waals surface area (Å²) in [5.41, 5.74) is 3.70. The normalized spacial score (nSPS) is 19.9. The van der Waals surface area contributed by atoms with Crippen LogP contribution in [0.25, 0.3) is 11.3 Å². The number of cyclic esters (lactones) is 1. The number of rotatable bonds is 3. The molecule has 4 rings (SSSR count). The Bertz CT molecular complexity index is 972. The number of amides is 1. The first-order chi connectivity index (χ1) is 14.2. The molecule has 0 aliphatic carbocycles. The number of anilines is 3. The third kappa shape index (κ3) is 3.79. The van der Waals surface area contributed by atoms with Crippen molar-refractivity contribution in [1.82, 2.24) is 19.9 Å². The van der Waals surface area contributed by atoms with Crippen molar-refractivity contribution < 1.29 is 27.4 Å². The summed E-state index contributed by atoms with van der Waals surface area (Å²) < 4.78 is 51.1. The minimum absolute atomic E-state index is 0.0827. The molecule has 2 aliphatic heterocycles. The van der Waals surface area contributed by atoms with Gasteiger partial charge < -0.3 is 20.1 Å². The van der Waals surface area contributed by atoms with E-state index >= 15 is 0 Å². The van der Waals surface area contributed by atoms with Crippen LogP contribution in [0.3, 0.4) is 0 Å². The molecule has 0 radical (unpaired) electrons. The number of carbonyl (C=O) groups is 1. The van der Waals surface area contributed by atoms with Gasteiger partial charge in [-0.15, -0.1) is 0 Å². The second kappa shape index (κ2) is 7.55. The highest BCUT2D eigenvalue weighted by molar-refractivity contribution is 5.89. The number of halogens is 3. The van der Waals surface area contributed by atoms with E-state index in [1.807, 2.05) is 11.8 Å². The number of aromatic nitrogens is 4. The Labute approximate surface area is 168 Å². The zero-order chi connectivity index (χ0) is 21.5. The molecule has 2 aromatic heterocycles. The molecule has 160 valence electrons. The second-order valence-electron chi connectivity index (χ2n) is 6.78. The van der Waals surface area contributed by atoms with Gasteiger partial charge in [0, 0.05) is 24.4 Å². The summed E-state index contributed by atoms with van der Waals surface area (Å²) >= 11 is 0. The molecule has 0 aromatic carbocycles. The van der Waals surface area contributed by atoms with Crippen molar-refractivity contribution in [3.63, 3.8) is 0 Å². The van der Waals surface area contributed by atoms with Crippen molar-refractivity contribution in [3.05, 3.63) is 18.0 Å². The topological polar surface area (TPSA) is 120 Å². The third-order valence-electron chi connectivity index (χ3n) is 4.71. The Kier molecular flexibility index (Phi) is 5.05. The van der Waals surface area contributed by atoms with Gasteiger partial charge in [-0.25, -0.2) is 19.7 Å². The van der Waals surface area contributed by atoms with Gasteiger partial charge in [-0.2, -0.15) is 18.2 Å². The average molecular weight is 425 g/mol. The van der Waals surface area contributed by atoms with E-state index in [1.54, 1.807) is 0 Å². The summed E-state index contributed by atoms with van der Waals surface area (Å²) in [7, 11) is 0. The van der Waals surface area contributed by atoms with E-state index in [-0.39, 0.29) is 42.2 Å². The lowest BCUT2D eigenvalue weighted by Crippen LogP contribution is -2.44. The van der Waals surface area contributed by atoms with Crippen molar-refractivity contribution in [1.29, 1.82) is 0 Å². The Morgan fingerprint density at radius 2 is 2.00 bits per heavy atom. The van der Waals surface area contributed by atoms with Gasteiger partial charge in [0.15, 0.2) is 5.69 Å². The van der Waals surface area contributed by atoms with E-state index in [2.05, 4.69) is 19.9 Å². The number of nitrogens with two attached hydrogens (primary N) is 1. The monoisotopic (exact) mass is 425 g/mol. The van der Waals surface area contributed by atoms with Gasteiger partial charge in [0.25, 0.3) is 0 Å². The lowest BCUT2D eigenvalue weighted by Gasteiger charge is -2.33. The van der Waals surface area contributed by atoms with Crippen molar-refractivity contribution >= 4 is 23.8 Å². The standard InChI is InChI=1S/C17H18F3N7O3/c1-9-8-29-4-2-26(9)15-23-11(6-12(24-15)27-3-5-30-16(27)28)10-7-22-14(21)25-13(10)17(18,19)20/h6-7,9H,2-5,8H2,1H3,(H2,21,22,25). The molecule has 0 spiro atoms. The molecule has 0 saturated carbocycles. The highest BCUT2D eigenvalue weighted by Gasteiger charge is 2.37. The van der Waals surface area contributed by atoms with Gasteiger partial charge in [-0.1, -0.05) is 0 Å². The summed E-state index contributed by atoms with van der Waals surface area (Å²) in [5, 5.41) is 0. The van der Waals surface area contributed by atoms with Crippen molar-refractivity contribution in [2.45, 2.75) is 19.1 Å². The maximum Gasteiger partial charge on any atom is 0.434 e. The lowest BCUT2D eigenvalue weighted by molar-refractivity contribution is -0.140. The van der Waals surface area contributed by atoms with E-state index in [9.17, 15) is 18.0 Å². The smallest absolute Gasteiger partial charge is 0.434 e. The zero-order valence-electron chi connectivity index (χ0n) is 15.9. The van der Waals surface area contributed by atoms with Gasteiger partial charge in [0.1, 0.15) is 12.4 Å². The molecular weight excluding hydrogens is 407 g/mol. The van der Waals surface area contributed by atoms with Gasteiger partial charge in [-0.05, 0) is 6.92 Å². The third-order valence-corrected chi connectivity index (χ3v) is 4.71. The van der Waals surface area contributed by atoms with Crippen LogP contribution in [0.5, 0.6) is 0 Å². The summed E-state index contributed by atoms with van der Waals surface area (Å²) in [4.78, 5) is 30.9. The van der Waals surface area contributed by atoms with Crippen LogP contribution in [0.15, 0.2) is 12.3 Å². The molecule has 4 heterocycles. The number of ether oxygens (including phenoxy) is 2. The van der Waals surface area contributed by atoms with E-state index in [4.69, 9.17) is 15.2 Å². The Morgan fingerprint density at radius 1 is 1.20 bits per heavy atom. The summed E-state index contributed by atoms with van der Waals surface area (Å²) in [5.74, 6) is -0.213. The number of nitrogens with zero attached hydrogens (tertiary/aromatic N) is 6. The van der Waals surface area contributed by atoms with Crippen molar-refractivity contribution in [2.24, 2.45) is 0 Å². The first kappa shape index (κ1) is 20.1. The maximum absolute atomic E-state index is 13.6. The Hall–Kier alpha value is -3.22. The molecule has 2 N–H and O–H groups in total. The fourth-order valence-corrected chi connectivity index (χ4v) is 3.25. The minimum atomic E-state index is -4.78. The van der Waals surface area contributed by atoms with Crippen molar-refractivity contribution in [2.75, 3.05) is 48.4 Å². The molecule has 30 heavy (non-hydrogen) atoms. The van der Waals surface area contributed by atoms with Crippen LogP contribution in [0, 0.1) is 0 Å². The Morgan fingerprint density at radius 3 is 2.67 bits per heavy atom. The number of nitrogen functional groups attached to an aromatic ring is 1. The molecule has 1 unspecified atom stereocenters. The molecule has 10 nitrogen and oxygen atoms in total. The number of hydrogen-bond donors (Lipinski definition) is 1. The van der Waals surface area contributed by atoms with Crippen LogP contribution in [-0.4, -0.2) is 65.0 Å². The van der Waals surface area contributed by atoms with Crippen LogP contribution >= 0.6 is 0 Å². The molecule has 13 heteroatoms. The largest absolute Gasteiger partial charge is 0.447 e. The predicted octanol–water partition coefficient (Wildman–Crippen LogP) is 1.72.